The molecule has 14 nitrogen and oxygen atoms in total. The lowest BCUT2D eigenvalue weighted by atomic mass is 9.51. The molecule has 2 aliphatic heterocycles. The van der Waals surface area contributed by atoms with Crippen molar-refractivity contribution in [2.75, 3.05) is 26.7 Å². The first kappa shape index (κ1) is 40.3. The Hall–Kier alpha value is -4.88. The highest BCUT2D eigenvalue weighted by molar-refractivity contribution is 5.88. The molecule has 3 saturated carbocycles. The largest absolute Gasteiger partial charge is 0.453 e. The molecule has 5 fully saturated rings. The van der Waals surface area contributed by atoms with E-state index in [-0.39, 0.29) is 52.6 Å². The number of carbonyl (C=O) groups is 4. The molecule has 4 heterocycles. The van der Waals surface area contributed by atoms with Gasteiger partial charge in [-0.1, -0.05) is 52.0 Å². The van der Waals surface area contributed by atoms with Gasteiger partial charge in [0.15, 0.2) is 0 Å². The fourth-order valence-electron chi connectivity index (χ4n) is 10.0. The zero-order chi connectivity index (χ0) is 40.5. The smallest absolute Gasteiger partial charge is 0.407 e. The van der Waals surface area contributed by atoms with E-state index in [0.717, 1.165) is 87.1 Å². The Kier molecular flexibility index (Phi) is 11.7. The molecule has 0 radical (unpaired) electrons. The summed E-state index contributed by atoms with van der Waals surface area (Å²) in [6.07, 6.45) is 13.3. The van der Waals surface area contributed by atoms with E-state index in [1.165, 1.54) is 18.4 Å². The van der Waals surface area contributed by atoms with Crippen molar-refractivity contribution >= 4 is 23.9 Å². The van der Waals surface area contributed by atoms with E-state index in [0.29, 0.717) is 19.6 Å². The van der Waals surface area contributed by atoms with Gasteiger partial charge in [-0.2, -0.15) is 0 Å². The second-order valence-electron chi connectivity index (χ2n) is 17.5. The van der Waals surface area contributed by atoms with Crippen LogP contribution in [0.4, 0.5) is 9.59 Å². The zero-order valence-corrected chi connectivity index (χ0v) is 34.5. The van der Waals surface area contributed by atoms with Crippen molar-refractivity contribution in [1.29, 1.82) is 0 Å². The molecule has 0 spiro atoms. The van der Waals surface area contributed by atoms with Gasteiger partial charge in [0.25, 0.3) is 0 Å². The number of benzene rings is 1. The number of imidazole rings is 2. The summed E-state index contributed by atoms with van der Waals surface area (Å²) in [5, 5.41) is 8.36. The molecule has 4 unspecified atom stereocenters. The Morgan fingerprint density at radius 2 is 1.30 bits per heavy atom. The first-order valence-electron chi connectivity index (χ1n) is 21.1. The van der Waals surface area contributed by atoms with Crippen molar-refractivity contribution < 1.29 is 23.9 Å². The van der Waals surface area contributed by atoms with Gasteiger partial charge in [0.05, 0.1) is 31.1 Å². The van der Waals surface area contributed by atoms with Crippen LogP contribution in [0, 0.1) is 11.8 Å². The van der Waals surface area contributed by atoms with Crippen molar-refractivity contribution in [1.82, 2.24) is 45.7 Å². The molecule has 2 aromatic heterocycles. The Labute approximate surface area is 336 Å². The maximum absolute atomic E-state index is 13.7. The van der Waals surface area contributed by atoms with Gasteiger partial charge >= 0.3 is 12.1 Å². The van der Waals surface area contributed by atoms with Crippen molar-refractivity contribution in [2.45, 2.75) is 134 Å². The molecule has 2 saturated heterocycles. The van der Waals surface area contributed by atoms with E-state index in [1.807, 2.05) is 56.8 Å². The van der Waals surface area contributed by atoms with Gasteiger partial charge in [0.1, 0.15) is 23.7 Å². The molecule has 5 N–H and O–H groups in total. The highest BCUT2D eigenvalue weighted by Crippen LogP contribution is 2.58. The van der Waals surface area contributed by atoms with Gasteiger partial charge in [0, 0.05) is 36.9 Å². The fraction of sp³-hybridized carbons (Fsp3) is 0.628. The molecule has 4 atom stereocenters. The Balaban J connectivity index is 0.989. The number of fused-ring (bicyclic) bond motifs is 3. The summed E-state index contributed by atoms with van der Waals surface area (Å²) in [6, 6.07) is 7.08. The monoisotopic (exact) mass is 783 g/mol. The molecule has 57 heavy (non-hydrogen) atoms. The lowest BCUT2D eigenvalue weighted by molar-refractivity contribution is -0.136. The maximum Gasteiger partial charge on any atom is 0.407 e. The Morgan fingerprint density at radius 1 is 0.772 bits per heavy atom. The number of amides is 5. The van der Waals surface area contributed by atoms with Crippen LogP contribution in [-0.4, -0.2) is 92.5 Å². The average molecular weight is 784 g/mol. The molecule has 2 bridgehead atoms. The number of nitrogens with one attached hydrogen (secondary N) is 5. The predicted octanol–water partition coefficient (Wildman–Crippen LogP) is 6.39. The first-order chi connectivity index (χ1) is 27.4. The van der Waals surface area contributed by atoms with E-state index >= 15 is 0 Å². The highest BCUT2D eigenvalue weighted by Gasteiger charge is 2.51. The molecule has 8 rings (SSSR count). The lowest BCUT2D eigenvalue weighted by Crippen LogP contribution is -2.53. The van der Waals surface area contributed by atoms with Crippen LogP contribution in [0.1, 0.15) is 134 Å². The number of nitrogens with zero attached hydrogens (tertiary/aromatic N) is 4. The number of ether oxygens (including phenoxy) is 1. The normalized spacial score (nSPS) is 25.5. The van der Waals surface area contributed by atoms with Crippen LogP contribution >= 0.6 is 0 Å². The number of H-pyrrole nitrogens is 2. The third kappa shape index (κ3) is 7.88. The molecule has 5 aliphatic rings. The van der Waals surface area contributed by atoms with Crippen LogP contribution < -0.4 is 16.0 Å². The summed E-state index contributed by atoms with van der Waals surface area (Å²) >= 11 is 0. The fourth-order valence-corrected chi connectivity index (χ4v) is 10.0. The minimum absolute atomic E-state index is 0.0518. The van der Waals surface area contributed by atoms with Crippen LogP contribution in [-0.2, 0) is 25.2 Å². The number of carbonyl (C=O) groups excluding carboxylic acids is 4. The number of aromatic nitrogens is 4. The van der Waals surface area contributed by atoms with Crippen LogP contribution in [0.5, 0.6) is 0 Å². The molecular formula is C43H61N9O5. The predicted molar refractivity (Wildman–Crippen MR) is 216 cm³/mol. The third-order valence-electron chi connectivity index (χ3n) is 13.5. The number of aromatic amines is 2. The molecular weight excluding hydrogens is 723 g/mol. The number of alkyl carbamates (subject to hydrolysis) is 1. The van der Waals surface area contributed by atoms with E-state index in [1.54, 1.807) is 0 Å². The maximum atomic E-state index is 13.7. The van der Waals surface area contributed by atoms with Gasteiger partial charge in [-0.3, -0.25) is 9.59 Å². The van der Waals surface area contributed by atoms with Crippen molar-refractivity contribution in [3.05, 3.63) is 59.6 Å². The van der Waals surface area contributed by atoms with Gasteiger partial charge < -0.3 is 40.5 Å². The zero-order valence-electron chi connectivity index (χ0n) is 34.5. The quantitative estimate of drug-likeness (QED) is 0.141. The van der Waals surface area contributed by atoms with Crippen LogP contribution in [0.25, 0.3) is 11.3 Å². The van der Waals surface area contributed by atoms with E-state index in [9.17, 15) is 19.2 Å². The van der Waals surface area contributed by atoms with Gasteiger partial charge in [0.2, 0.25) is 11.8 Å². The number of hydrogen-bond acceptors (Lipinski definition) is 7. The number of likely N-dealkylation sites (tertiary alicyclic amines) is 2. The van der Waals surface area contributed by atoms with Crippen molar-refractivity contribution in [2.24, 2.45) is 11.8 Å². The van der Waals surface area contributed by atoms with Crippen molar-refractivity contribution in [3.63, 3.8) is 0 Å². The number of rotatable bonds is 12. The van der Waals surface area contributed by atoms with Crippen molar-refractivity contribution in [3.8, 4) is 11.3 Å². The van der Waals surface area contributed by atoms with Crippen LogP contribution in [0.3, 0.4) is 0 Å². The summed E-state index contributed by atoms with van der Waals surface area (Å²) in [7, 11) is 1.31. The Morgan fingerprint density at radius 3 is 1.84 bits per heavy atom. The molecule has 5 amide bonds. The minimum atomic E-state index is -0.657. The molecule has 14 heteroatoms. The summed E-state index contributed by atoms with van der Waals surface area (Å²) in [5.41, 5.74) is 4.77. The summed E-state index contributed by atoms with van der Waals surface area (Å²) in [6.45, 7) is 11.4. The Bertz CT molecular complexity index is 1890. The number of hydrogen-bond donors (Lipinski definition) is 5. The SMILES string of the molecule is CCNC(=O)NC(C(=O)N1CCCC1c1ncc(-c2ccc(C34CCC(c5cnc(C6CCCN6C(=O)C(NC(=O)OC)C(C)C)[nH]5)(CC3)CC4)cc2)[nH]1)C(C)C. The van der Waals surface area contributed by atoms with E-state index < -0.39 is 18.2 Å². The topological polar surface area (TPSA) is 177 Å². The van der Waals surface area contributed by atoms with Gasteiger partial charge in [-0.15, -0.1) is 0 Å². The molecule has 308 valence electrons. The van der Waals surface area contributed by atoms with Gasteiger partial charge in [-0.05, 0) is 99.5 Å². The second kappa shape index (κ2) is 16.5. The molecule has 3 aromatic rings. The van der Waals surface area contributed by atoms with Crippen LogP contribution in [0.2, 0.25) is 0 Å². The highest BCUT2D eigenvalue weighted by atomic mass is 16.5. The second-order valence-corrected chi connectivity index (χ2v) is 17.5. The standard InChI is InChI=1S/C43H61N9O5/c1-7-44-40(55)49-34(26(2)3)38(53)51-22-8-10-31(51)36-45-24-30(47-36)28-12-14-29(15-13-28)42-16-19-43(20-17-42,21-18-42)33-25-46-37(48-33)32-11-9-23-52(32)39(54)35(27(4)5)50-41(56)57-6/h12-15,24-27,31-32,34-35H,7-11,16-23H2,1-6H3,(H,45,47)(H,46,48)(H,50,56)(H2,44,49,55). The molecule has 1 aromatic carbocycles. The average Bonchev–Trinajstić information content (AvgIpc) is 4.06. The first-order valence-corrected chi connectivity index (χ1v) is 21.1. The number of methoxy groups -OCH3 is 1. The number of urea groups is 1. The van der Waals surface area contributed by atoms with Gasteiger partial charge in [-0.25, -0.2) is 19.6 Å². The lowest BCUT2D eigenvalue weighted by Gasteiger charge is -2.53. The summed E-state index contributed by atoms with van der Waals surface area (Å²) in [4.78, 5) is 72.4. The van der Waals surface area contributed by atoms with Crippen LogP contribution in [0.15, 0.2) is 36.7 Å². The van der Waals surface area contributed by atoms with E-state index in [4.69, 9.17) is 14.7 Å². The summed E-state index contributed by atoms with van der Waals surface area (Å²) in [5.74, 6) is 1.32. The molecule has 3 aliphatic carbocycles. The third-order valence-corrected chi connectivity index (χ3v) is 13.5. The summed E-state index contributed by atoms with van der Waals surface area (Å²) < 4.78 is 4.80. The van der Waals surface area contributed by atoms with E-state index in [2.05, 4.69) is 50.2 Å². The minimum Gasteiger partial charge on any atom is -0.453 e.